The van der Waals surface area contributed by atoms with E-state index < -0.39 is 11.8 Å². The molecule has 0 saturated heterocycles. The smallest absolute Gasteiger partial charge is 0.269 e. The lowest BCUT2D eigenvalue weighted by molar-refractivity contribution is 0.0934. The quantitative estimate of drug-likeness (QED) is 0.528. The molecule has 0 heterocycles. The Hall–Kier alpha value is -3.33. The molecule has 8 nitrogen and oxygen atoms in total. The Morgan fingerprint density at radius 3 is 2.00 bits per heavy atom. The summed E-state index contributed by atoms with van der Waals surface area (Å²) < 4.78 is 15.3. The highest BCUT2D eigenvalue weighted by molar-refractivity contribution is 7.80. The summed E-state index contributed by atoms with van der Waals surface area (Å²) in [5.74, 6) is 0.673. The van der Waals surface area contributed by atoms with E-state index in [1.165, 1.54) is 27.4 Å². The lowest BCUT2D eigenvalue weighted by Gasteiger charge is -2.12. The van der Waals surface area contributed by atoms with Crippen LogP contribution in [0.3, 0.4) is 0 Å². The summed E-state index contributed by atoms with van der Waals surface area (Å²) in [6.07, 6.45) is 0. The van der Waals surface area contributed by atoms with Crippen molar-refractivity contribution in [2.45, 2.75) is 0 Å². The second-order valence-electron chi connectivity index (χ2n) is 5.16. The molecule has 2 aromatic rings. The van der Waals surface area contributed by atoms with E-state index in [0.717, 1.165) is 0 Å². The summed E-state index contributed by atoms with van der Waals surface area (Å²) in [6.45, 7) is 0. The van der Waals surface area contributed by atoms with Crippen molar-refractivity contribution < 1.29 is 23.8 Å². The van der Waals surface area contributed by atoms with E-state index in [-0.39, 0.29) is 5.11 Å². The molecule has 2 rings (SSSR count). The Morgan fingerprint density at radius 1 is 0.778 bits per heavy atom. The van der Waals surface area contributed by atoms with Crippen LogP contribution >= 0.6 is 12.2 Å². The van der Waals surface area contributed by atoms with Gasteiger partial charge in [-0.05, 0) is 54.7 Å². The average Bonchev–Trinajstić information content (AvgIpc) is 2.71. The van der Waals surface area contributed by atoms with E-state index in [0.29, 0.717) is 28.4 Å². The van der Waals surface area contributed by atoms with Crippen LogP contribution in [0.5, 0.6) is 17.2 Å². The predicted octanol–water partition coefficient (Wildman–Crippen LogP) is 1.66. The standard InChI is InChI=1S/C18H19N3O5S/c1-24-13-7-4-11(5-8-13)16(22)19-18(27)21-20-17(23)12-6-9-14(25-2)15(10-12)26-3/h4-10H,1-3H3,(H,20,23)(H2,19,21,22,27). The van der Waals surface area contributed by atoms with Crippen molar-refractivity contribution in [3.05, 3.63) is 53.6 Å². The third kappa shape index (κ3) is 5.32. The first-order chi connectivity index (χ1) is 13.0. The number of carbonyl (C=O) groups excluding carboxylic acids is 2. The molecule has 0 fully saturated rings. The van der Waals surface area contributed by atoms with Gasteiger partial charge >= 0.3 is 0 Å². The van der Waals surface area contributed by atoms with Crippen LogP contribution in [-0.4, -0.2) is 38.3 Å². The summed E-state index contributed by atoms with van der Waals surface area (Å²) >= 11 is 5.01. The Balaban J connectivity index is 1.90. The van der Waals surface area contributed by atoms with Crippen molar-refractivity contribution in [1.82, 2.24) is 16.2 Å². The maximum absolute atomic E-state index is 12.2. The van der Waals surface area contributed by atoms with Gasteiger partial charge in [0.25, 0.3) is 11.8 Å². The highest BCUT2D eigenvalue weighted by Gasteiger charge is 2.12. The Bertz CT molecular complexity index is 839. The number of methoxy groups -OCH3 is 3. The Morgan fingerprint density at radius 2 is 1.41 bits per heavy atom. The maximum Gasteiger partial charge on any atom is 0.269 e. The molecule has 0 radical (unpaired) electrons. The van der Waals surface area contributed by atoms with E-state index in [4.69, 9.17) is 26.4 Å². The van der Waals surface area contributed by atoms with E-state index in [2.05, 4.69) is 16.2 Å². The summed E-state index contributed by atoms with van der Waals surface area (Å²) in [6, 6.07) is 11.2. The molecule has 0 aromatic heterocycles. The van der Waals surface area contributed by atoms with Crippen molar-refractivity contribution in [3.8, 4) is 17.2 Å². The zero-order chi connectivity index (χ0) is 19.8. The number of carbonyl (C=O) groups is 2. The number of hydrogen-bond donors (Lipinski definition) is 3. The van der Waals surface area contributed by atoms with Crippen molar-refractivity contribution in [2.75, 3.05) is 21.3 Å². The van der Waals surface area contributed by atoms with Gasteiger partial charge in [-0.3, -0.25) is 25.8 Å². The first-order valence-corrected chi connectivity index (χ1v) is 8.17. The molecule has 2 amide bonds. The Labute approximate surface area is 161 Å². The van der Waals surface area contributed by atoms with Crippen molar-refractivity contribution in [2.24, 2.45) is 0 Å². The molecule has 3 N–H and O–H groups in total. The van der Waals surface area contributed by atoms with Gasteiger partial charge in [-0.1, -0.05) is 0 Å². The van der Waals surface area contributed by atoms with Crippen LogP contribution in [-0.2, 0) is 0 Å². The Kier molecular flexibility index (Phi) is 6.95. The number of ether oxygens (including phenoxy) is 3. The van der Waals surface area contributed by atoms with E-state index in [1.807, 2.05) is 0 Å². The van der Waals surface area contributed by atoms with E-state index in [1.54, 1.807) is 36.4 Å². The molecule has 27 heavy (non-hydrogen) atoms. The normalized spacial score (nSPS) is 9.74. The molecule has 0 bridgehead atoms. The maximum atomic E-state index is 12.2. The molecule has 0 aliphatic heterocycles. The van der Waals surface area contributed by atoms with Gasteiger partial charge in [-0.15, -0.1) is 0 Å². The van der Waals surface area contributed by atoms with Gasteiger partial charge in [0.1, 0.15) is 5.75 Å². The van der Waals surface area contributed by atoms with Crippen LogP contribution in [0.2, 0.25) is 0 Å². The fraction of sp³-hybridized carbons (Fsp3) is 0.167. The van der Waals surface area contributed by atoms with Gasteiger partial charge in [0.2, 0.25) is 0 Å². The van der Waals surface area contributed by atoms with Gasteiger partial charge in [-0.25, -0.2) is 0 Å². The van der Waals surface area contributed by atoms with Crippen molar-refractivity contribution >= 4 is 29.1 Å². The van der Waals surface area contributed by atoms with Gasteiger partial charge in [0.15, 0.2) is 16.6 Å². The molecular weight excluding hydrogens is 370 g/mol. The number of hydrogen-bond acceptors (Lipinski definition) is 6. The molecule has 0 unspecified atom stereocenters. The topological polar surface area (TPSA) is 97.9 Å². The SMILES string of the molecule is COc1ccc(C(=O)NC(=S)NNC(=O)c2ccc(OC)c(OC)c2)cc1. The first kappa shape index (κ1) is 20.0. The molecule has 0 aliphatic carbocycles. The highest BCUT2D eigenvalue weighted by Crippen LogP contribution is 2.27. The molecule has 9 heteroatoms. The van der Waals surface area contributed by atoms with Crippen LogP contribution < -0.4 is 30.4 Å². The molecule has 2 aromatic carbocycles. The van der Waals surface area contributed by atoms with E-state index in [9.17, 15) is 9.59 Å². The monoisotopic (exact) mass is 389 g/mol. The van der Waals surface area contributed by atoms with E-state index >= 15 is 0 Å². The largest absolute Gasteiger partial charge is 0.497 e. The second kappa shape index (κ2) is 9.39. The third-order valence-electron chi connectivity index (χ3n) is 3.51. The zero-order valence-corrected chi connectivity index (χ0v) is 15.8. The molecular formula is C18H19N3O5S. The molecule has 142 valence electrons. The van der Waals surface area contributed by atoms with Gasteiger partial charge in [0.05, 0.1) is 21.3 Å². The first-order valence-electron chi connectivity index (χ1n) is 7.76. The van der Waals surface area contributed by atoms with Crippen LogP contribution in [0.1, 0.15) is 20.7 Å². The summed E-state index contributed by atoms with van der Waals surface area (Å²) in [7, 11) is 4.51. The van der Waals surface area contributed by atoms with Crippen LogP contribution in [0.4, 0.5) is 0 Å². The molecule has 0 spiro atoms. The lowest BCUT2D eigenvalue weighted by Crippen LogP contribution is -2.48. The van der Waals surface area contributed by atoms with Crippen LogP contribution in [0.25, 0.3) is 0 Å². The zero-order valence-electron chi connectivity index (χ0n) is 15.0. The minimum Gasteiger partial charge on any atom is -0.497 e. The fourth-order valence-corrected chi connectivity index (χ4v) is 2.26. The van der Waals surface area contributed by atoms with Crippen molar-refractivity contribution in [1.29, 1.82) is 0 Å². The highest BCUT2D eigenvalue weighted by atomic mass is 32.1. The third-order valence-corrected chi connectivity index (χ3v) is 3.72. The number of benzene rings is 2. The summed E-state index contributed by atoms with van der Waals surface area (Å²) in [5, 5.41) is 2.41. The summed E-state index contributed by atoms with van der Waals surface area (Å²) in [5.41, 5.74) is 5.59. The number of thiocarbonyl (C=S) groups is 1. The number of amides is 2. The minimum absolute atomic E-state index is 0.0513. The molecule has 0 saturated carbocycles. The molecule has 0 aliphatic rings. The summed E-state index contributed by atoms with van der Waals surface area (Å²) in [4.78, 5) is 24.3. The fourth-order valence-electron chi connectivity index (χ4n) is 2.11. The number of rotatable bonds is 5. The van der Waals surface area contributed by atoms with Crippen LogP contribution in [0.15, 0.2) is 42.5 Å². The van der Waals surface area contributed by atoms with Gasteiger partial charge in [-0.2, -0.15) is 0 Å². The number of nitrogens with one attached hydrogen (secondary N) is 3. The second-order valence-corrected chi connectivity index (χ2v) is 5.57. The number of hydrazine groups is 1. The van der Waals surface area contributed by atoms with Gasteiger partial charge in [0, 0.05) is 11.1 Å². The molecule has 0 atom stereocenters. The van der Waals surface area contributed by atoms with Gasteiger partial charge < -0.3 is 14.2 Å². The van der Waals surface area contributed by atoms with Crippen LogP contribution in [0, 0.1) is 0 Å². The minimum atomic E-state index is -0.461. The van der Waals surface area contributed by atoms with Crippen molar-refractivity contribution in [3.63, 3.8) is 0 Å². The predicted molar refractivity (Wildman–Crippen MR) is 103 cm³/mol. The lowest BCUT2D eigenvalue weighted by atomic mass is 10.2. The average molecular weight is 389 g/mol.